The predicted octanol–water partition coefficient (Wildman–Crippen LogP) is 3.37. The van der Waals surface area contributed by atoms with Gasteiger partial charge in [0.05, 0.1) is 0 Å². The molecule has 0 aromatic carbocycles. The van der Waals surface area contributed by atoms with Gasteiger partial charge in [-0.15, -0.1) is 11.3 Å². The molecule has 0 saturated heterocycles. The van der Waals surface area contributed by atoms with Gasteiger partial charge in [0, 0.05) is 11.4 Å². The predicted molar refractivity (Wildman–Crippen MR) is 65.1 cm³/mol. The SMILES string of the molecule is CCCc1c(CNCC)csc1CC. The van der Waals surface area contributed by atoms with Crippen LogP contribution >= 0.6 is 11.3 Å². The van der Waals surface area contributed by atoms with E-state index in [4.69, 9.17) is 0 Å². The van der Waals surface area contributed by atoms with Crippen molar-refractivity contribution in [3.05, 3.63) is 21.4 Å². The second-order valence-corrected chi connectivity index (χ2v) is 4.51. The summed E-state index contributed by atoms with van der Waals surface area (Å²) in [7, 11) is 0. The van der Waals surface area contributed by atoms with Crippen molar-refractivity contribution in [2.45, 2.75) is 46.6 Å². The van der Waals surface area contributed by atoms with Crippen molar-refractivity contribution in [1.29, 1.82) is 0 Å². The first kappa shape index (κ1) is 11.7. The van der Waals surface area contributed by atoms with E-state index in [2.05, 4.69) is 31.5 Å². The highest BCUT2D eigenvalue weighted by Crippen LogP contribution is 2.24. The van der Waals surface area contributed by atoms with E-state index < -0.39 is 0 Å². The molecule has 2 heteroatoms. The molecular weight excluding hydrogens is 190 g/mol. The molecule has 0 unspecified atom stereocenters. The van der Waals surface area contributed by atoms with Crippen molar-refractivity contribution in [3.63, 3.8) is 0 Å². The zero-order valence-corrected chi connectivity index (χ0v) is 10.3. The van der Waals surface area contributed by atoms with E-state index in [0.29, 0.717) is 0 Å². The summed E-state index contributed by atoms with van der Waals surface area (Å²) in [4.78, 5) is 1.58. The molecule has 0 spiro atoms. The molecule has 0 saturated carbocycles. The van der Waals surface area contributed by atoms with Crippen LogP contribution in [0.4, 0.5) is 0 Å². The van der Waals surface area contributed by atoms with E-state index in [-0.39, 0.29) is 0 Å². The summed E-state index contributed by atoms with van der Waals surface area (Å²) in [5.41, 5.74) is 3.14. The van der Waals surface area contributed by atoms with Crippen LogP contribution in [0.15, 0.2) is 5.38 Å². The standard InChI is InChI=1S/C12H21NS/c1-4-7-11-10(8-13-6-3)9-14-12(11)5-2/h9,13H,4-8H2,1-3H3. The second kappa shape index (κ2) is 6.20. The number of thiophene rings is 1. The normalized spacial score (nSPS) is 10.8. The highest BCUT2D eigenvalue weighted by Gasteiger charge is 2.08. The second-order valence-electron chi connectivity index (χ2n) is 3.55. The lowest BCUT2D eigenvalue weighted by Crippen LogP contribution is -2.12. The lowest BCUT2D eigenvalue weighted by Gasteiger charge is -2.05. The maximum absolute atomic E-state index is 3.41. The summed E-state index contributed by atoms with van der Waals surface area (Å²) < 4.78 is 0. The van der Waals surface area contributed by atoms with Gasteiger partial charge in [0.15, 0.2) is 0 Å². The molecule has 0 atom stereocenters. The molecule has 1 aromatic rings. The molecule has 1 nitrogen and oxygen atoms in total. The van der Waals surface area contributed by atoms with Crippen molar-refractivity contribution in [2.75, 3.05) is 6.54 Å². The Labute approximate surface area is 91.5 Å². The molecular formula is C12H21NS. The third-order valence-electron chi connectivity index (χ3n) is 2.45. The van der Waals surface area contributed by atoms with E-state index in [1.54, 1.807) is 10.4 Å². The first-order valence-corrected chi connectivity index (χ1v) is 6.50. The Kier molecular flexibility index (Phi) is 5.20. The number of hydrogen-bond donors (Lipinski definition) is 1. The molecule has 0 fully saturated rings. The Morgan fingerprint density at radius 3 is 2.64 bits per heavy atom. The molecule has 14 heavy (non-hydrogen) atoms. The van der Waals surface area contributed by atoms with Gasteiger partial charge >= 0.3 is 0 Å². The summed E-state index contributed by atoms with van der Waals surface area (Å²) >= 11 is 1.93. The minimum Gasteiger partial charge on any atom is -0.313 e. The third-order valence-corrected chi connectivity index (χ3v) is 3.68. The van der Waals surface area contributed by atoms with Crippen LogP contribution in [-0.2, 0) is 19.4 Å². The molecule has 0 aliphatic heterocycles. The largest absolute Gasteiger partial charge is 0.313 e. The molecule has 1 heterocycles. The average molecular weight is 211 g/mol. The summed E-state index contributed by atoms with van der Waals surface area (Å²) in [6.07, 6.45) is 3.68. The van der Waals surface area contributed by atoms with Gasteiger partial charge in [-0.2, -0.15) is 0 Å². The maximum Gasteiger partial charge on any atom is 0.0216 e. The van der Waals surface area contributed by atoms with Crippen molar-refractivity contribution < 1.29 is 0 Å². The molecule has 1 rings (SSSR count). The molecule has 1 aromatic heterocycles. The minimum absolute atomic E-state index is 1.04. The topological polar surface area (TPSA) is 12.0 Å². The van der Waals surface area contributed by atoms with Gasteiger partial charge in [-0.1, -0.05) is 27.2 Å². The van der Waals surface area contributed by atoms with Gasteiger partial charge in [-0.3, -0.25) is 0 Å². The smallest absolute Gasteiger partial charge is 0.0216 e. The Hall–Kier alpha value is -0.340. The average Bonchev–Trinajstić information content (AvgIpc) is 2.58. The summed E-state index contributed by atoms with van der Waals surface area (Å²) in [5.74, 6) is 0. The van der Waals surface area contributed by atoms with Crippen molar-refractivity contribution >= 4 is 11.3 Å². The number of aryl methyl sites for hydroxylation is 1. The number of nitrogens with one attached hydrogen (secondary N) is 1. The van der Waals surface area contributed by atoms with Gasteiger partial charge in [0.25, 0.3) is 0 Å². The van der Waals surface area contributed by atoms with Crippen LogP contribution in [0.3, 0.4) is 0 Å². The third kappa shape index (κ3) is 2.82. The van der Waals surface area contributed by atoms with Crippen LogP contribution in [0.5, 0.6) is 0 Å². The van der Waals surface area contributed by atoms with Crippen LogP contribution in [-0.4, -0.2) is 6.54 Å². The molecule has 80 valence electrons. The van der Waals surface area contributed by atoms with E-state index in [1.165, 1.54) is 24.8 Å². The quantitative estimate of drug-likeness (QED) is 0.760. The first-order valence-electron chi connectivity index (χ1n) is 5.62. The number of hydrogen-bond acceptors (Lipinski definition) is 2. The molecule has 0 amide bonds. The van der Waals surface area contributed by atoms with Gasteiger partial charge in [0.1, 0.15) is 0 Å². The van der Waals surface area contributed by atoms with Crippen LogP contribution in [0.25, 0.3) is 0 Å². The lowest BCUT2D eigenvalue weighted by atomic mass is 10.0. The Balaban J connectivity index is 2.75. The van der Waals surface area contributed by atoms with Gasteiger partial charge in [-0.05, 0) is 35.9 Å². The van der Waals surface area contributed by atoms with E-state index in [1.807, 2.05) is 11.3 Å². The fraction of sp³-hybridized carbons (Fsp3) is 0.667. The first-order chi connectivity index (χ1) is 6.83. The Bertz CT molecular complexity index is 265. The van der Waals surface area contributed by atoms with Gasteiger partial charge in [-0.25, -0.2) is 0 Å². The fourth-order valence-electron chi connectivity index (χ4n) is 1.72. The molecule has 1 N–H and O–H groups in total. The van der Waals surface area contributed by atoms with E-state index in [9.17, 15) is 0 Å². The minimum atomic E-state index is 1.04. The van der Waals surface area contributed by atoms with Crippen LogP contribution < -0.4 is 5.32 Å². The van der Waals surface area contributed by atoms with Gasteiger partial charge in [0.2, 0.25) is 0 Å². The molecule has 0 bridgehead atoms. The van der Waals surface area contributed by atoms with E-state index >= 15 is 0 Å². The summed E-state index contributed by atoms with van der Waals surface area (Å²) in [5, 5.41) is 5.73. The van der Waals surface area contributed by atoms with Crippen molar-refractivity contribution in [1.82, 2.24) is 5.32 Å². The van der Waals surface area contributed by atoms with Crippen molar-refractivity contribution in [3.8, 4) is 0 Å². The summed E-state index contributed by atoms with van der Waals surface area (Å²) in [6.45, 7) is 8.77. The number of rotatable bonds is 6. The molecule has 0 radical (unpaired) electrons. The molecule has 0 aliphatic carbocycles. The maximum atomic E-state index is 3.41. The summed E-state index contributed by atoms with van der Waals surface area (Å²) in [6, 6.07) is 0. The van der Waals surface area contributed by atoms with Crippen LogP contribution in [0.2, 0.25) is 0 Å². The lowest BCUT2D eigenvalue weighted by molar-refractivity contribution is 0.718. The Morgan fingerprint density at radius 2 is 2.07 bits per heavy atom. The monoisotopic (exact) mass is 211 g/mol. The Morgan fingerprint density at radius 1 is 1.29 bits per heavy atom. The zero-order valence-electron chi connectivity index (χ0n) is 9.52. The van der Waals surface area contributed by atoms with Crippen molar-refractivity contribution in [2.24, 2.45) is 0 Å². The van der Waals surface area contributed by atoms with E-state index in [0.717, 1.165) is 13.1 Å². The molecule has 0 aliphatic rings. The van der Waals surface area contributed by atoms with Gasteiger partial charge < -0.3 is 5.32 Å². The highest BCUT2D eigenvalue weighted by atomic mass is 32.1. The zero-order chi connectivity index (χ0) is 10.4. The highest BCUT2D eigenvalue weighted by molar-refractivity contribution is 7.10. The van der Waals surface area contributed by atoms with Crippen LogP contribution in [0, 0.1) is 0 Å². The fourth-order valence-corrected chi connectivity index (χ4v) is 2.77. The van der Waals surface area contributed by atoms with Crippen LogP contribution in [0.1, 0.15) is 43.2 Å².